The molecule has 37 heavy (non-hydrogen) atoms. The number of carbonyl (C=O) groups excluding carboxylic acids is 1. The van der Waals surface area contributed by atoms with Crippen LogP contribution in [0.3, 0.4) is 0 Å². The minimum atomic E-state index is 0.116. The summed E-state index contributed by atoms with van der Waals surface area (Å²) in [5.41, 5.74) is 4.49. The number of phenolic OH excluding ortho intramolecular Hbond substituents is 1. The van der Waals surface area contributed by atoms with Gasteiger partial charge in [0.2, 0.25) is 0 Å². The maximum atomic E-state index is 12.3. The molecule has 0 spiro atoms. The van der Waals surface area contributed by atoms with Gasteiger partial charge in [0.25, 0.3) is 5.91 Å². The van der Waals surface area contributed by atoms with Crippen molar-refractivity contribution >= 4 is 5.91 Å². The molecule has 0 aromatic heterocycles. The molecule has 5 nitrogen and oxygen atoms in total. The second-order valence-electron chi connectivity index (χ2n) is 10.1. The molecule has 198 valence electrons. The van der Waals surface area contributed by atoms with Gasteiger partial charge in [0.1, 0.15) is 5.75 Å². The van der Waals surface area contributed by atoms with Crippen LogP contribution in [0.5, 0.6) is 5.75 Å². The molecule has 3 aromatic rings. The Labute approximate surface area is 223 Å². The lowest BCUT2D eigenvalue weighted by molar-refractivity contribution is 0.0545. The van der Waals surface area contributed by atoms with Gasteiger partial charge in [-0.15, -0.1) is 0 Å². The Kier molecular flexibility index (Phi) is 10.7. The van der Waals surface area contributed by atoms with Crippen molar-refractivity contribution in [2.24, 2.45) is 0 Å². The molecule has 0 unspecified atom stereocenters. The van der Waals surface area contributed by atoms with Gasteiger partial charge in [0, 0.05) is 50.4 Å². The maximum absolute atomic E-state index is 12.3. The van der Waals surface area contributed by atoms with Crippen LogP contribution in [0.4, 0.5) is 0 Å². The number of hydrogen-bond acceptors (Lipinski definition) is 4. The number of rotatable bonds is 7. The van der Waals surface area contributed by atoms with E-state index in [2.05, 4.69) is 48.9 Å². The van der Waals surface area contributed by atoms with Gasteiger partial charge in [0.05, 0.1) is 0 Å². The summed E-state index contributed by atoms with van der Waals surface area (Å²) in [4.78, 5) is 19.1. The summed E-state index contributed by atoms with van der Waals surface area (Å²) < 4.78 is 0. The fraction of sp³-hybridized carbons (Fsp3) is 0.406. The molecule has 1 amide bonds. The SMILES string of the molecule is CCN(CC)C(=O)c1cccc(Cc2ccccc2)c1.C[C@@H]1CN(C)[C@@H](C)CN1Cc1ccc(O)cc1. The Morgan fingerprint density at radius 2 is 1.49 bits per heavy atom. The maximum Gasteiger partial charge on any atom is 0.253 e. The molecular weight excluding hydrogens is 458 g/mol. The molecule has 0 radical (unpaired) electrons. The second-order valence-corrected chi connectivity index (χ2v) is 10.1. The first-order valence-corrected chi connectivity index (χ1v) is 13.4. The Morgan fingerprint density at radius 1 is 0.838 bits per heavy atom. The molecular formula is C32H43N3O2. The lowest BCUT2D eigenvalue weighted by Crippen LogP contribution is -2.54. The van der Waals surface area contributed by atoms with Crippen molar-refractivity contribution in [1.82, 2.24) is 14.7 Å². The molecule has 2 atom stereocenters. The van der Waals surface area contributed by atoms with E-state index in [4.69, 9.17) is 0 Å². The predicted molar refractivity (Wildman–Crippen MR) is 153 cm³/mol. The number of carbonyl (C=O) groups is 1. The first-order chi connectivity index (χ1) is 17.8. The molecule has 1 heterocycles. The van der Waals surface area contributed by atoms with Gasteiger partial charge in [-0.05, 0) is 82.1 Å². The lowest BCUT2D eigenvalue weighted by atomic mass is 10.0. The molecule has 4 rings (SSSR count). The number of likely N-dealkylation sites (N-methyl/N-ethyl adjacent to an activating group) is 1. The van der Waals surface area contributed by atoms with Gasteiger partial charge in [-0.25, -0.2) is 0 Å². The number of aromatic hydroxyl groups is 1. The van der Waals surface area contributed by atoms with Crippen LogP contribution in [-0.2, 0) is 13.0 Å². The number of amides is 1. The van der Waals surface area contributed by atoms with Crippen molar-refractivity contribution in [2.45, 2.75) is 52.7 Å². The van der Waals surface area contributed by atoms with Crippen molar-refractivity contribution in [3.63, 3.8) is 0 Å². The normalized spacial score (nSPS) is 18.1. The summed E-state index contributed by atoms with van der Waals surface area (Å²) in [5.74, 6) is 0.457. The molecule has 0 bridgehead atoms. The molecule has 1 saturated heterocycles. The second kappa shape index (κ2) is 14.0. The zero-order valence-electron chi connectivity index (χ0n) is 23.1. The van der Waals surface area contributed by atoms with Gasteiger partial charge in [-0.1, -0.05) is 54.6 Å². The number of phenols is 1. The molecule has 1 aliphatic rings. The average molecular weight is 502 g/mol. The van der Waals surface area contributed by atoms with Gasteiger partial charge >= 0.3 is 0 Å². The van der Waals surface area contributed by atoms with Crippen molar-refractivity contribution in [3.8, 4) is 5.75 Å². The summed E-state index contributed by atoms with van der Waals surface area (Å²) in [6, 6.07) is 27.0. The lowest BCUT2D eigenvalue weighted by Gasteiger charge is -2.42. The Balaban J connectivity index is 0.000000208. The average Bonchev–Trinajstić information content (AvgIpc) is 2.90. The highest BCUT2D eigenvalue weighted by molar-refractivity contribution is 5.94. The number of benzene rings is 3. The quantitative estimate of drug-likeness (QED) is 0.453. The van der Waals surface area contributed by atoms with E-state index in [1.165, 1.54) is 16.7 Å². The van der Waals surface area contributed by atoms with Crippen LogP contribution < -0.4 is 0 Å². The van der Waals surface area contributed by atoms with E-state index in [-0.39, 0.29) is 5.91 Å². The van der Waals surface area contributed by atoms with Crippen molar-refractivity contribution in [3.05, 3.63) is 101 Å². The number of piperazine rings is 1. The smallest absolute Gasteiger partial charge is 0.253 e. The van der Waals surface area contributed by atoms with E-state index in [1.807, 2.05) is 67.3 Å². The molecule has 5 heteroatoms. The molecule has 1 fully saturated rings. The van der Waals surface area contributed by atoms with E-state index in [0.29, 0.717) is 17.8 Å². The topological polar surface area (TPSA) is 47.0 Å². The largest absolute Gasteiger partial charge is 0.508 e. The standard InChI is InChI=1S/C18H21NO.C14H22N2O/c1-3-19(4-2)18(20)17-12-8-11-16(14-17)13-15-9-6-5-7-10-15;1-11-9-16(12(2)8-15(11)3)10-13-4-6-14(17)7-5-13/h5-12,14H,3-4,13H2,1-2H3;4-7,11-12,17H,8-10H2,1-3H3/t;11-,12+/m.0/s1. The zero-order chi connectivity index (χ0) is 26.8. The third-order valence-electron chi connectivity index (χ3n) is 7.22. The highest BCUT2D eigenvalue weighted by Gasteiger charge is 2.26. The Morgan fingerprint density at radius 3 is 2.14 bits per heavy atom. The predicted octanol–water partition coefficient (Wildman–Crippen LogP) is 5.68. The molecule has 3 aromatic carbocycles. The Bertz CT molecular complexity index is 1100. The molecule has 1 N–H and O–H groups in total. The van der Waals surface area contributed by atoms with Crippen LogP contribution in [0.15, 0.2) is 78.9 Å². The summed E-state index contributed by atoms with van der Waals surface area (Å²) in [6.07, 6.45) is 0.861. The fourth-order valence-electron chi connectivity index (χ4n) is 4.77. The van der Waals surface area contributed by atoms with Crippen LogP contribution in [0, 0.1) is 0 Å². The van der Waals surface area contributed by atoms with Crippen LogP contribution >= 0.6 is 0 Å². The molecule has 1 aliphatic heterocycles. The van der Waals surface area contributed by atoms with E-state index in [0.717, 1.165) is 44.7 Å². The van der Waals surface area contributed by atoms with E-state index >= 15 is 0 Å². The first kappa shape index (κ1) is 28.4. The van der Waals surface area contributed by atoms with E-state index < -0.39 is 0 Å². The van der Waals surface area contributed by atoms with E-state index in [1.54, 1.807) is 12.1 Å². The van der Waals surface area contributed by atoms with Crippen molar-refractivity contribution < 1.29 is 9.90 Å². The zero-order valence-corrected chi connectivity index (χ0v) is 23.1. The third kappa shape index (κ3) is 8.44. The number of nitrogens with zero attached hydrogens (tertiary/aromatic N) is 3. The van der Waals surface area contributed by atoms with Crippen LogP contribution in [0.25, 0.3) is 0 Å². The number of hydrogen-bond donors (Lipinski definition) is 1. The van der Waals surface area contributed by atoms with Gasteiger partial charge < -0.3 is 14.9 Å². The molecule has 0 aliphatic carbocycles. The highest BCUT2D eigenvalue weighted by atomic mass is 16.3. The Hall–Kier alpha value is -3.15. The minimum Gasteiger partial charge on any atom is -0.508 e. The van der Waals surface area contributed by atoms with E-state index in [9.17, 15) is 9.90 Å². The van der Waals surface area contributed by atoms with Crippen LogP contribution in [-0.4, -0.2) is 71.0 Å². The summed E-state index contributed by atoms with van der Waals surface area (Å²) >= 11 is 0. The van der Waals surface area contributed by atoms with Crippen molar-refractivity contribution in [1.29, 1.82) is 0 Å². The minimum absolute atomic E-state index is 0.116. The van der Waals surface area contributed by atoms with Gasteiger partial charge in [0.15, 0.2) is 0 Å². The fourth-order valence-corrected chi connectivity index (χ4v) is 4.77. The third-order valence-corrected chi connectivity index (χ3v) is 7.22. The van der Waals surface area contributed by atoms with Crippen LogP contribution in [0.2, 0.25) is 0 Å². The summed E-state index contributed by atoms with van der Waals surface area (Å²) in [6.45, 7) is 13.3. The highest BCUT2D eigenvalue weighted by Crippen LogP contribution is 2.18. The van der Waals surface area contributed by atoms with Gasteiger partial charge in [-0.3, -0.25) is 9.69 Å². The first-order valence-electron chi connectivity index (χ1n) is 13.4. The summed E-state index contributed by atoms with van der Waals surface area (Å²) in [5, 5.41) is 9.27. The van der Waals surface area contributed by atoms with Gasteiger partial charge in [-0.2, -0.15) is 0 Å². The molecule has 0 saturated carbocycles. The van der Waals surface area contributed by atoms with Crippen molar-refractivity contribution in [2.75, 3.05) is 33.2 Å². The van der Waals surface area contributed by atoms with Crippen LogP contribution in [0.1, 0.15) is 54.7 Å². The summed E-state index contributed by atoms with van der Waals surface area (Å²) in [7, 11) is 2.19. The monoisotopic (exact) mass is 501 g/mol.